The number of aromatic nitrogens is 1. The van der Waals surface area contributed by atoms with Crippen molar-refractivity contribution in [2.45, 2.75) is 63.5 Å². The molecular weight excluding hydrogens is 588 g/mol. The van der Waals surface area contributed by atoms with Gasteiger partial charge in [-0.25, -0.2) is 0 Å². The summed E-state index contributed by atoms with van der Waals surface area (Å²) in [6, 6.07) is 12.6. The minimum absolute atomic E-state index is 0.0764. The largest absolute Gasteiger partial charge is 0.469 e. The Balaban J connectivity index is 1.35. The van der Waals surface area contributed by atoms with Gasteiger partial charge in [0.1, 0.15) is 0 Å². The van der Waals surface area contributed by atoms with E-state index in [1.54, 1.807) is 42.2 Å². The summed E-state index contributed by atoms with van der Waals surface area (Å²) < 4.78 is 4.72. The van der Waals surface area contributed by atoms with Crippen LogP contribution in [0, 0.1) is 5.92 Å². The number of ether oxygens (including phenoxy) is 1. The zero-order valence-corrected chi connectivity index (χ0v) is 26.3. The molecule has 3 aromatic rings. The number of esters is 1. The highest BCUT2D eigenvalue weighted by Gasteiger charge is 2.52. The third-order valence-corrected chi connectivity index (χ3v) is 9.10. The molecule has 0 spiro atoms. The lowest BCUT2D eigenvalue weighted by molar-refractivity contribution is -0.140. The average molecular weight is 631 g/mol. The third-order valence-electron chi connectivity index (χ3n) is 9.10. The predicted molar refractivity (Wildman–Crippen MR) is 174 cm³/mol. The van der Waals surface area contributed by atoms with Gasteiger partial charge in [0.25, 0.3) is 5.91 Å². The van der Waals surface area contributed by atoms with E-state index in [2.05, 4.69) is 10.3 Å². The molecule has 46 heavy (non-hydrogen) atoms. The molecule has 0 saturated carbocycles. The summed E-state index contributed by atoms with van der Waals surface area (Å²) in [5, 5.41) is 25.6. The van der Waals surface area contributed by atoms with Crippen LogP contribution in [-0.2, 0) is 35.9 Å². The van der Waals surface area contributed by atoms with Gasteiger partial charge in [-0.3, -0.25) is 19.2 Å². The number of amides is 3. The van der Waals surface area contributed by atoms with E-state index in [1.807, 2.05) is 30.5 Å². The molecule has 11 nitrogen and oxygen atoms in total. The summed E-state index contributed by atoms with van der Waals surface area (Å²) >= 11 is 0. The Hall–Kier alpha value is -4.48. The second-order valence-corrected chi connectivity index (χ2v) is 12.1. The summed E-state index contributed by atoms with van der Waals surface area (Å²) in [4.78, 5) is 57.8. The number of rotatable bonds is 13. The fourth-order valence-corrected chi connectivity index (χ4v) is 6.53. The maximum Gasteiger partial charge on any atom is 0.305 e. The van der Waals surface area contributed by atoms with Gasteiger partial charge in [0.15, 0.2) is 5.60 Å². The Morgan fingerprint density at radius 1 is 1.20 bits per heavy atom. The molecule has 2 aromatic carbocycles. The molecule has 0 aliphatic carbocycles. The lowest BCUT2D eigenvalue weighted by Gasteiger charge is -2.28. The van der Waals surface area contributed by atoms with E-state index in [0.717, 1.165) is 29.3 Å². The van der Waals surface area contributed by atoms with Crippen molar-refractivity contribution in [1.82, 2.24) is 9.88 Å². The van der Waals surface area contributed by atoms with Crippen LogP contribution >= 0.6 is 0 Å². The van der Waals surface area contributed by atoms with E-state index in [4.69, 9.17) is 4.74 Å². The maximum atomic E-state index is 13.9. The van der Waals surface area contributed by atoms with Crippen LogP contribution in [0.2, 0.25) is 0 Å². The van der Waals surface area contributed by atoms with E-state index in [0.29, 0.717) is 36.3 Å². The Bertz CT molecular complexity index is 1630. The van der Waals surface area contributed by atoms with Crippen LogP contribution in [0.3, 0.4) is 0 Å². The molecular formula is C35H42N4O7. The zero-order valence-electron chi connectivity index (χ0n) is 26.3. The molecule has 0 radical (unpaired) electrons. The van der Waals surface area contributed by atoms with Crippen molar-refractivity contribution in [3.63, 3.8) is 0 Å². The number of carbonyl (C=O) groups is 4. The number of hydrogen-bond acceptors (Lipinski definition) is 7. The van der Waals surface area contributed by atoms with E-state index >= 15 is 0 Å². The van der Waals surface area contributed by atoms with Crippen LogP contribution in [0.15, 0.2) is 60.8 Å². The van der Waals surface area contributed by atoms with E-state index in [-0.39, 0.29) is 56.2 Å². The van der Waals surface area contributed by atoms with Crippen molar-refractivity contribution in [2.24, 2.45) is 5.92 Å². The van der Waals surface area contributed by atoms with E-state index < -0.39 is 17.4 Å². The second kappa shape index (κ2) is 14.3. The first-order valence-electron chi connectivity index (χ1n) is 15.8. The Morgan fingerprint density at radius 3 is 2.78 bits per heavy atom. The van der Waals surface area contributed by atoms with Crippen LogP contribution in [0.1, 0.15) is 56.6 Å². The number of aromatic amines is 1. The molecule has 1 saturated heterocycles. The second-order valence-electron chi connectivity index (χ2n) is 12.1. The normalized spacial score (nSPS) is 20.0. The average Bonchev–Trinajstić information content (AvgIpc) is 3.76. The molecule has 4 N–H and O–H groups in total. The highest BCUT2D eigenvalue weighted by molar-refractivity contribution is 6.08. The highest BCUT2D eigenvalue weighted by atomic mass is 16.5. The van der Waals surface area contributed by atoms with Gasteiger partial charge in [0.05, 0.1) is 31.9 Å². The summed E-state index contributed by atoms with van der Waals surface area (Å²) in [7, 11) is 1.33. The molecule has 1 aromatic heterocycles. The van der Waals surface area contributed by atoms with Crippen molar-refractivity contribution in [3.05, 3.63) is 71.9 Å². The molecule has 1 fully saturated rings. The molecule has 5 rings (SSSR count). The molecule has 0 bridgehead atoms. The fraction of sp³-hybridized carbons (Fsp3) is 0.429. The van der Waals surface area contributed by atoms with Crippen molar-refractivity contribution in [1.29, 1.82) is 0 Å². The third kappa shape index (κ3) is 6.70. The minimum Gasteiger partial charge on any atom is -0.469 e. The van der Waals surface area contributed by atoms with Crippen LogP contribution in [0.5, 0.6) is 0 Å². The van der Waals surface area contributed by atoms with E-state index in [1.165, 1.54) is 12.0 Å². The maximum absolute atomic E-state index is 13.9. The number of methoxy groups -OCH3 is 1. The van der Waals surface area contributed by atoms with Gasteiger partial charge in [0.2, 0.25) is 11.8 Å². The molecule has 11 heteroatoms. The van der Waals surface area contributed by atoms with Gasteiger partial charge in [-0.1, -0.05) is 37.3 Å². The number of unbranched alkanes of at least 4 members (excludes halogenated alkanes) is 1. The standard InChI is InChI=1S/C35H42N4O7/c1-23(9-7-13-32(42)38-18-8-10-26(38)22-40)35(45)28-20-25(37-31(41)19-24-21-36-29-12-4-3-11-27(24)29)15-16-30(28)39(34(35)44)17-6-5-14-33(43)46-2/h3-4,7,9,11-12,15-16,20-21,23,26,36,40,45H,5-6,8,10,13-14,17-19,22H2,1-2H3,(H,37,41)/b9-7+/t23-,26+,35+/m1/s1. The number of hydrogen-bond donors (Lipinski definition) is 4. The number of para-hydroxylation sites is 1. The Labute approximate surface area is 268 Å². The number of anilines is 2. The molecule has 0 unspecified atom stereocenters. The van der Waals surface area contributed by atoms with Crippen molar-refractivity contribution < 1.29 is 34.1 Å². The van der Waals surface area contributed by atoms with Gasteiger partial charge >= 0.3 is 5.97 Å². The van der Waals surface area contributed by atoms with Gasteiger partial charge in [-0.05, 0) is 55.5 Å². The number of nitrogens with one attached hydrogen (secondary N) is 2. The van der Waals surface area contributed by atoms with Crippen molar-refractivity contribution >= 4 is 46.0 Å². The van der Waals surface area contributed by atoms with Crippen LogP contribution in [-0.4, -0.2) is 76.6 Å². The van der Waals surface area contributed by atoms with Crippen LogP contribution in [0.4, 0.5) is 11.4 Å². The number of fused-ring (bicyclic) bond motifs is 2. The highest BCUT2D eigenvalue weighted by Crippen LogP contribution is 2.46. The first-order valence-corrected chi connectivity index (χ1v) is 15.8. The molecule has 244 valence electrons. The number of aliphatic hydroxyl groups is 2. The zero-order chi connectivity index (χ0) is 32.8. The van der Waals surface area contributed by atoms with Gasteiger partial charge in [-0.15, -0.1) is 0 Å². The summed E-state index contributed by atoms with van der Waals surface area (Å²) in [5.41, 5.74) is 1.17. The number of nitrogens with zero attached hydrogens (tertiary/aromatic N) is 2. The molecule has 2 aliphatic rings. The Kier molecular flexibility index (Phi) is 10.2. The summed E-state index contributed by atoms with van der Waals surface area (Å²) in [6.07, 6.45) is 8.23. The lowest BCUT2D eigenvalue weighted by atomic mass is 9.82. The van der Waals surface area contributed by atoms with E-state index in [9.17, 15) is 29.4 Å². The molecule has 3 atom stereocenters. The smallest absolute Gasteiger partial charge is 0.305 e. The number of H-pyrrole nitrogens is 1. The van der Waals surface area contributed by atoms with Crippen LogP contribution in [0.25, 0.3) is 10.9 Å². The van der Waals surface area contributed by atoms with Crippen molar-refractivity contribution in [3.8, 4) is 0 Å². The topological polar surface area (TPSA) is 152 Å². The van der Waals surface area contributed by atoms with Crippen LogP contribution < -0.4 is 10.2 Å². The predicted octanol–water partition coefficient (Wildman–Crippen LogP) is 3.79. The summed E-state index contributed by atoms with van der Waals surface area (Å²) in [5.74, 6) is -1.91. The fourth-order valence-electron chi connectivity index (χ4n) is 6.53. The molecule has 3 heterocycles. The Morgan fingerprint density at radius 2 is 2.00 bits per heavy atom. The minimum atomic E-state index is -1.95. The van der Waals surface area contributed by atoms with Crippen molar-refractivity contribution in [2.75, 3.05) is 37.0 Å². The first kappa shape index (κ1) is 32.9. The number of benzene rings is 2. The quantitative estimate of drug-likeness (QED) is 0.127. The molecule has 3 amide bonds. The summed E-state index contributed by atoms with van der Waals surface area (Å²) in [6.45, 7) is 2.53. The SMILES string of the molecule is COC(=O)CCCCN1C(=O)[C@](O)([C@H](C)/C=C/CC(=O)N2CCC[C@H]2CO)c2cc(NC(=O)Cc3c[nH]c4ccccc34)ccc21. The number of carbonyl (C=O) groups excluding carboxylic acids is 4. The number of aliphatic hydroxyl groups excluding tert-OH is 1. The molecule has 2 aliphatic heterocycles. The van der Waals surface area contributed by atoms with Gasteiger partial charge in [0, 0.05) is 60.2 Å². The van der Waals surface area contributed by atoms with Gasteiger partial charge < -0.3 is 35.1 Å². The monoisotopic (exact) mass is 630 g/mol. The number of likely N-dealkylation sites (tertiary alicyclic amines) is 1. The van der Waals surface area contributed by atoms with Gasteiger partial charge in [-0.2, -0.15) is 0 Å². The first-order chi connectivity index (χ1) is 22.2. The lowest BCUT2D eigenvalue weighted by Crippen LogP contribution is -2.44.